The Balaban J connectivity index is 2.01. The Kier molecular flexibility index (Phi) is 5.51. The van der Waals surface area contributed by atoms with E-state index >= 15 is 0 Å². The Labute approximate surface area is 163 Å². The minimum absolute atomic E-state index is 0.0273. The molecular formula is C18H12Cl3F3N2. The van der Waals surface area contributed by atoms with E-state index in [-0.39, 0.29) is 4.49 Å². The van der Waals surface area contributed by atoms with E-state index in [0.29, 0.717) is 22.8 Å². The van der Waals surface area contributed by atoms with Crippen LogP contribution in [0.3, 0.4) is 0 Å². The highest BCUT2D eigenvalue weighted by Crippen LogP contribution is 2.35. The molecule has 1 heterocycles. The molecule has 0 saturated carbocycles. The Bertz CT molecular complexity index is 857. The summed E-state index contributed by atoms with van der Waals surface area (Å²) in [4.78, 5) is 0. The molecule has 0 N–H and O–H groups in total. The van der Waals surface area contributed by atoms with Gasteiger partial charge in [-0.2, -0.15) is 18.3 Å². The smallest absolute Gasteiger partial charge is 0.258 e. The van der Waals surface area contributed by atoms with E-state index in [2.05, 4.69) is 5.10 Å². The molecule has 0 aromatic heterocycles. The van der Waals surface area contributed by atoms with Gasteiger partial charge in [-0.25, -0.2) is 0 Å². The van der Waals surface area contributed by atoms with Crippen molar-refractivity contribution < 1.29 is 13.2 Å². The van der Waals surface area contributed by atoms with Crippen LogP contribution in [0, 0.1) is 0 Å². The van der Waals surface area contributed by atoms with Crippen molar-refractivity contribution in [3.05, 3.63) is 75.2 Å². The summed E-state index contributed by atoms with van der Waals surface area (Å²) in [6, 6.07) is 11.6. The van der Waals surface area contributed by atoms with Gasteiger partial charge in [-0.3, -0.25) is 5.01 Å². The van der Waals surface area contributed by atoms with Gasteiger partial charge in [0, 0.05) is 11.4 Å². The summed E-state index contributed by atoms with van der Waals surface area (Å²) >= 11 is 17.5. The highest BCUT2D eigenvalue weighted by atomic mass is 35.5. The lowest BCUT2D eigenvalue weighted by Gasteiger charge is -2.22. The first-order valence-electron chi connectivity index (χ1n) is 7.57. The molecule has 136 valence electrons. The van der Waals surface area contributed by atoms with Crippen LogP contribution in [0.25, 0.3) is 0 Å². The molecule has 26 heavy (non-hydrogen) atoms. The number of alkyl halides is 3. The number of rotatable bonds is 3. The normalized spacial score (nSPS) is 17.2. The molecule has 2 aromatic carbocycles. The minimum atomic E-state index is -4.44. The standard InChI is InChI=1S/C18H12Cl3F3N2/c19-13-6-4-11(5-7-13)16-9-15(10-17(20)21)26(25-16)14-3-1-2-12(8-14)18(22,23)24/h1-8,10,15H,9H2. The van der Waals surface area contributed by atoms with Gasteiger partial charge in [-0.05, 0) is 42.0 Å². The second kappa shape index (κ2) is 7.51. The molecule has 1 aliphatic rings. The summed E-state index contributed by atoms with van der Waals surface area (Å²) in [7, 11) is 0. The van der Waals surface area contributed by atoms with Crippen molar-refractivity contribution in [2.75, 3.05) is 5.01 Å². The SMILES string of the molecule is FC(F)(F)c1cccc(N2N=C(c3ccc(Cl)cc3)CC2C=C(Cl)Cl)c1. The average Bonchev–Trinajstić information content (AvgIpc) is 2.98. The fourth-order valence-corrected chi connectivity index (χ4v) is 3.11. The topological polar surface area (TPSA) is 15.6 Å². The van der Waals surface area contributed by atoms with Gasteiger partial charge in [0.2, 0.25) is 0 Å². The van der Waals surface area contributed by atoms with Crippen LogP contribution < -0.4 is 5.01 Å². The van der Waals surface area contributed by atoms with E-state index in [1.807, 2.05) is 0 Å². The third-order valence-electron chi connectivity index (χ3n) is 3.88. The quantitative estimate of drug-likeness (QED) is 0.543. The van der Waals surface area contributed by atoms with Gasteiger partial charge in [0.15, 0.2) is 0 Å². The Morgan fingerprint density at radius 1 is 1.12 bits per heavy atom. The zero-order valence-corrected chi connectivity index (χ0v) is 15.4. The van der Waals surface area contributed by atoms with Crippen LogP contribution in [-0.4, -0.2) is 11.8 Å². The van der Waals surface area contributed by atoms with Gasteiger partial charge < -0.3 is 0 Å². The number of anilines is 1. The zero-order chi connectivity index (χ0) is 18.9. The molecule has 0 fully saturated rings. The maximum Gasteiger partial charge on any atom is 0.416 e. The van der Waals surface area contributed by atoms with Gasteiger partial charge in [0.1, 0.15) is 4.49 Å². The van der Waals surface area contributed by atoms with E-state index in [4.69, 9.17) is 34.8 Å². The minimum Gasteiger partial charge on any atom is -0.258 e. The molecule has 0 amide bonds. The molecule has 0 aliphatic carbocycles. The molecule has 8 heteroatoms. The van der Waals surface area contributed by atoms with E-state index in [9.17, 15) is 13.2 Å². The van der Waals surface area contributed by atoms with Crippen LogP contribution >= 0.6 is 34.8 Å². The summed E-state index contributed by atoms with van der Waals surface area (Å²) < 4.78 is 39.1. The third-order valence-corrected chi connectivity index (χ3v) is 4.38. The van der Waals surface area contributed by atoms with Crippen molar-refractivity contribution in [2.24, 2.45) is 5.10 Å². The molecule has 1 aliphatic heterocycles. The van der Waals surface area contributed by atoms with Crippen LogP contribution in [0.5, 0.6) is 0 Å². The molecule has 0 radical (unpaired) electrons. The van der Waals surface area contributed by atoms with Crippen molar-refractivity contribution in [3.8, 4) is 0 Å². The number of hydrogen-bond acceptors (Lipinski definition) is 2. The van der Waals surface area contributed by atoms with E-state index in [1.54, 1.807) is 36.4 Å². The number of nitrogens with zero attached hydrogens (tertiary/aromatic N) is 2. The summed E-state index contributed by atoms with van der Waals surface area (Å²) in [5.74, 6) is 0. The number of benzene rings is 2. The predicted molar refractivity (Wildman–Crippen MR) is 100 cm³/mol. The largest absolute Gasteiger partial charge is 0.416 e. The maximum absolute atomic E-state index is 13.0. The van der Waals surface area contributed by atoms with Crippen LogP contribution in [0.1, 0.15) is 17.5 Å². The molecule has 2 nitrogen and oxygen atoms in total. The van der Waals surface area contributed by atoms with Crippen LogP contribution in [0.2, 0.25) is 5.02 Å². The van der Waals surface area contributed by atoms with Crippen molar-refractivity contribution in [1.29, 1.82) is 0 Å². The summed E-state index contributed by atoms with van der Waals surface area (Å²) in [6.45, 7) is 0. The monoisotopic (exact) mass is 418 g/mol. The van der Waals surface area contributed by atoms with Gasteiger partial charge in [-0.1, -0.05) is 53.0 Å². The molecule has 0 saturated heterocycles. The van der Waals surface area contributed by atoms with E-state index in [0.717, 1.165) is 17.7 Å². The second-order valence-corrected chi connectivity index (χ2v) is 7.12. The van der Waals surface area contributed by atoms with Gasteiger partial charge in [0.05, 0.1) is 23.0 Å². The van der Waals surface area contributed by atoms with E-state index < -0.39 is 17.8 Å². The van der Waals surface area contributed by atoms with Gasteiger partial charge >= 0.3 is 6.18 Å². The number of hydrogen-bond donors (Lipinski definition) is 0. The Morgan fingerprint density at radius 3 is 2.42 bits per heavy atom. The van der Waals surface area contributed by atoms with Crippen LogP contribution in [0.4, 0.5) is 18.9 Å². The van der Waals surface area contributed by atoms with Gasteiger partial charge in [-0.15, -0.1) is 0 Å². The summed E-state index contributed by atoms with van der Waals surface area (Å²) in [6.07, 6.45) is -2.44. The van der Waals surface area contributed by atoms with Crippen molar-refractivity contribution in [1.82, 2.24) is 0 Å². The fourth-order valence-electron chi connectivity index (χ4n) is 2.70. The molecular weight excluding hydrogens is 408 g/mol. The predicted octanol–water partition coefficient (Wildman–Crippen LogP) is 6.66. The number of hydrazone groups is 1. The van der Waals surface area contributed by atoms with Gasteiger partial charge in [0.25, 0.3) is 0 Å². The lowest BCUT2D eigenvalue weighted by molar-refractivity contribution is -0.137. The summed E-state index contributed by atoms with van der Waals surface area (Å²) in [5.41, 5.74) is 1.09. The fraction of sp³-hybridized carbons (Fsp3) is 0.167. The Morgan fingerprint density at radius 2 is 1.81 bits per heavy atom. The molecule has 1 unspecified atom stereocenters. The first-order chi connectivity index (χ1) is 12.2. The summed E-state index contributed by atoms with van der Waals surface area (Å²) in [5, 5.41) is 6.57. The zero-order valence-electron chi connectivity index (χ0n) is 13.1. The van der Waals surface area contributed by atoms with E-state index in [1.165, 1.54) is 11.1 Å². The lowest BCUT2D eigenvalue weighted by Crippen LogP contribution is -2.24. The molecule has 2 aromatic rings. The highest BCUT2D eigenvalue weighted by Gasteiger charge is 2.33. The first kappa shape index (κ1) is 19.1. The third kappa shape index (κ3) is 4.34. The Hall–Kier alpha value is -1.69. The average molecular weight is 420 g/mol. The number of halogens is 6. The molecule has 0 bridgehead atoms. The molecule has 3 rings (SSSR count). The second-order valence-electron chi connectivity index (χ2n) is 5.67. The lowest BCUT2D eigenvalue weighted by atomic mass is 10.0. The highest BCUT2D eigenvalue weighted by molar-refractivity contribution is 6.55. The van der Waals surface area contributed by atoms with Crippen molar-refractivity contribution in [2.45, 2.75) is 18.6 Å². The molecule has 0 spiro atoms. The van der Waals surface area contributed by atoms with Crippen LogP contribution in [0.15, 0.2) is 64.2 Å². The van der Waals surface area contributed by atoms with Crippen LogP contribution in [-0.2, 0) is 6.18 Å². The van der Waals surface area contributed by atoms with Crippen molar-refractivity contribution in [3.63, 3.8) is 0 Å². The first-order valence-corrected chi connectivity index (χ1v) is 8.70. The molecule has 1 atom stereocenters. The maximum atomic E-state index is 13.0. The van der Waals surface area contributed by atoms with Crippen molar-refractivity contribution >= 4 is 46.2 Å².